The van der Waals surface area contributed by atoms with E-state index in [9.17, 15) is 4.79 Å². The van der Waals surface area contributed by atoms with Gasteiger partial charge in [0.15, 0.2) is 5.16 Å². The van der Waals surface area contributed by atoms with E-state index in [1.807, 2.05) is 6.92 Å². The van der Waals surface area contributed by atoms with Crippen LogP contribution in [0.25, 0.3) is 0 Å². The molecular weight excluding hydrogens is 240 g/mol. The van der Waals surface area contributed by atoms with Crippen molar-refractivity contribution in [1.29, 1.82) is 0 Å². The molecule has 0 unspecified atom stereocenters. The Morgan fingerprint density at radius 3 is 2.71 bits per heavy atom. The van der Waals surface area contributed by atoms with Gasteiger partial charge in [0, 0.05) is 12.4 Å². The van der Waals surface area contributed by atoms with E-state index in [1.54, 1.807) is 12.4 Å². The van der Waals surface area contributed by atoms with Gasteiger partial charge in [0.1, 0.15) is 5.03 Å². The average Bonchev–Trinajstić information content (AvgIpc) is 2.32. The first-order chi connectivity index (χ1) is 8.16. The quantitative estimate of drug-likeness (QED) is 0.821. The monoisotopic (exact) mass is 248 g/mol. The molecule has 7 heteroatoms. The maximum absolute atomic E-state index is 10.9. The van der Waals surface area contributed by atoms with Gasteiger partial charge in [-0.15, -0.1) is 5.10 Å². The van der Waals surface area contributed by atoms with Crippen molar-refractivity contribution in [3.05, 3.63) is 35.8 Å². The van der Waals surface area contributed by atoms with Gasteiger partial charge in [0.25, 0.3) is 0 Å². The van der Waals surface area contributed by atoms with Crippen molar-refractivity contribution < 1.29 is 9.90 Å². The molecule has 1 N–H and O–H groups in total. The fourth-order valence-corrected chi connectivity index (χ4v) is 1.81. The highest BCUT2D eigenvalue weighted by Gasteiger charge is 2.13. The van der Waals surface area contributed by atoms with E-state index in [4.69, 9.17) is 5.11 Å². The van der Waals surface area contributed by atoms with Crippen LogP contribution in [-0.2, 0) is 0 Å². The summed E-state index contributed by atoms with van der Waals surface area (Å²) in [6, 6.07) is 1.39. The van der Waals surface area contributed by atoms with E-state index in [-0.39, 0.29) is 10.6 Å². The summed E-state index contributed by atoms with van der Waals surface area (Å²) in [5.74, 6) is -1.05. The lowest BCUT2D eigenvalue weighted by atomic mass is 10.3. The third-order valence-corrected chi connectivity index (χ3v) is 2.75. The zero-order valence-electron chi connectivity index (χ0n) is 8.86. The molecule has 2 aromatic heterocycles. The zero-order valence-corrected chi connectivity index (χ0v) is 9.68. The minimum absolute atomic E-state index is 0.0918. The lowest BCUT2D eigenvalue weighted by molar-refractivity contribution is 0.0692. The van der Waals surface area contributed by atoms with Crippen LogP contribution in [0, 0.1) is 6.92 Å². The van der Waals surface area contributed by atoms with Gasteiger partial charge >= 0.3 is 5.97 Å². The first kappa shape index (κ1) is 11.5. The Hall–Kier alpha value is -2.02. The van der Waals surface area contributed by atoms with Gasteiger partial charge < -0.3 is 5.11 Å². The Kier molecular flexibility index (Phi) is 3.29. The maximum atomic E-state index is 10.9. The van der Waals surface area contributed by atoms with Crippen LogP contribution in [0.4, 0.5) is 0 Å². The van der Waals surface area contributed by atoms with Crippen LogP contribution in [0.15, 0.2) is 34.8 Å². The molecule has 0 atom stereocenters. The molecule has 6 nitrogen and oxygen atoms in total. The zero-order chi connectivity index (χ0) is 12.3. The normalized spacial score (nSPS) is 10.2. The summed E-state index contributed by atoms with van der Waals surface area (Å²) in [7, 11) is 0. The molecule has 0 saturated heterocycles. The van der Waals surface area contributed by atoms with Crippen molar-refractivity contribution in [2.45, 2.75) is 17.1 Å². The van der Waals surface area contributed by atoms with Crippen LogP contribution < -0.4 is 0 Å². The number of hydrogen-bond acceptors (Lipinski definition) is 6. The number of carboxylic acids is 1. The van der Waals surface area contributed by atoms with Crippen LogP contribution >= 0.6 is 11.8 Å². The van der Waals surface area contributed by atoms with Gasteiger partial charge in [0.2, 0.25) is 0 Å². The minimum Gasteiger partial charge on any atom is -0.478 e. The molecule has 0 fully saturated rings. The third kappa shape index (κ3) is 2.76. The third-order valence-electron chi connectivity index (χ3n) is 1.86. The molecule has 0 spiro atoms. The molecule has 0 aromatic carbocycles. The molecule has 0 aliphatic rings. The van der Waals surface area contributed by atoms with E-state index in [0.29, 0.717) is 5.16 Å². The summed E-state index contributed by atoms with van der Waals surface area (Å²) in [4.78, 5) is 19.1. The molecule has 0 bridgehead atoms. The highest BCUT2D eigenvalue weighted by molar-refractivity contribution is 7.99. The maximum Gasteiger partial charge on any atom is 0.338 e. The molecule has 17 heavy (non-hydrogen) atoms. The number of carboxylic acid groups (broad SMARTS) is 1. The Morgan fingerprint density at radius 2 is 2.06 bits per heavy atom. The van der Waals surface area contributed by atoms with Gasteiger partial charge in [0.05, 0.1) is 11.8 Å². The molecular formula is C10H8N4O2S. The Bertz CT molecular complexity index is 544. The van der Waals surface area contributed by atoms with Gasteiger partial charge in [-0.25, -0.2) is 14.8 Å². The predicted octanol–water partition coefficient (Wildman–Crippen LogP) is 1.42. The lowest BCUT2D eigenvalue weighted by Gasteiger charge is -2.01. The second-order valence-corrected chi connectivity index (χ2v) is 4.16. The van der Waals surface area contributed by atoms with Crippen LogP contribution in [0.2, 0.25) is 0 Å². The van der Waals surface area contributed by atoms with Crippen LogP contribution in [0.5, 0.6) is 0 Å². The lowest BCUT2D eigenvalue weighted by Crippen LogP contribution is -2.02. The number of aryl methyl sites for hydroxylation is 1. The van der Waals surface area contributed by atoms with Crippen molar-refractivity contribution in [3.8, 4) is 0 Å². The van der Waals surface area contributed by atoms with Crippen molar-refractivity contribution in [2.24, 2.45) is 0 Å². The summed E-state index contributed by atoms with van der Waals surface area (Å²) in [6.45, 7) is 1.87. The number of carbonyl (C=O) groups is 1. The van der Waals surface area contributed by atoms with Crippen molar-refractivity contribution in [1.82, 2.24) is 20.2 Å². The summed E-state index contributed by atoms with van der Waals surface area (Å²) < 4.78 is 0. The van der Waals surface area contributed by atoms with Crippen molar-refractivity contribution in [3.63, 3.8) is 0 Å². The number of rotatable bonds is 3. The summed E-state index contributed by atoms with van der Waals surface area (Å²) >= 11 is 1.07. The van der Waals surface area contributed by atoms with Gasteiger partial charge in [-0.05, 0) is 30.3 Å². The fraction of sp³-hybridized carbons (Fsp3) is 0.100. The predicted molar refractivity (Wildman–Crippen MR) is 59.9 cm³/mol. The van der Waals surface area contributed by atoms with Crippen LogP contribution in [0.1, 0.15) is 15.9 Å². The van der Waals surface area contributed by atoms with Gasteiger partial charge in [-0.1, -0.05) is 0 Å². The van der Waals surface area contributed by atoms with Gasteiger partial charge in [-0.2, -0.15) is 5.10 Å². The number of aromatic nitrogens is 4. The molecule has 0 saturated carbocycles. The fourth-order valence-electron chi connectivity index (χ4n) is 1.08. The molecule has 0 amide bonds. The second-order valence-electron chi connectivity index (χ2n) is 3.20. The second kappa shape index (κ2) is 4.88. The highest BCUT2D eigenvalue weighted by atomic mass is 32.2. The van der Waals surface area contributed by atoms with Crippen molar-refractivity contribution in [2.75, 3.05) is 0 Å². The van der Waals surface area contributed by atoms with E-state index < -0.39 is 5.97 Å². The molecule has 2 aromatic rings. The SMILES string of the molecule is Cc1cnc(Sc2nnccc2C(=O)O)nc1. The summed E-state index contributed by atoms with van der Waals surface area (Å²) in [5, 5.41) is 17.1. The van der Waals surface area contributed by atoms with Gasteiger partial charge in [-0.3, -0.25) is 0 Å². The smallest absolute Gasteiger partial charge is 0.338 e. The van der Waals surface area contributed by atoms with E-state index in [1.165, 1.54) is 12.3 Å². The van der Waals surface area contributed by atoms with Crippen molar-refractivity contribution >= 4 is 17.7 Å². The molecule has 0 aliphatic heterocycles. The first-order valence-electron chi connectivity index (χ1n) is 4.68. The summed E-state index contributed by atoms with van der Waals surface area (Å²) in [5.41, 5.74) is 1.03. The standard InChI is InChI=1S/C10H8N4O2S/c1-6-4-11-10(12-5-6)17-8-7(9(15)16)2-3-13-14-8/h2-5H,1H3,(H,15,16). The minimum atomic E-state index is -1.05. The Labute approximate surface area is 101 Å². The molecule has 0 radical (unpaired) electrons. The molecule has 0 aliphatic carbocycles. The molecule has 2 heterocycles. The van der Waals surface area contributed by atoms with E-state index >= 15 is 0 Å². The number of aromatic carboxylic acids is 1. The topological polar surface area (TPSA) is 88.9 Å². The van der Waals surface area contributed by atoms with Crippen LogP contribution in [0.3, 0.4) is 0 Å². The average molecular weight is 248 g/mol. The molecule has 2 rings (SSSR count). The first-order valence-corrected chi connectivity index (χ1v) is 5.50. The Morgan fingerprint density at radius 1 is 1.35 bits per heavy atom. The molecule has 86 valence electrons. The summed E-state index contributed by atoms with van der Waals surface area (Å²) in [6.07, 6.45) is 4.65. The number of hydrogen-bond donors (Lipinski definition) is 1. The highest BCUT2D eigenvalue weighted by Crippen LogP contribution is 2.24. The number of nitrogens with zero attached hydrogens (tertiary/aromatic N) is 4. The van der Waals surface area contributed by atoms with E-state index in [0.717, 1.165) is 17.3 Å². The van der Waals surface area contributed by atoms with Crippen LogP contribution in [-0.4, -0.2) is 31.2 Å². The Balaban J connectivity index is 2.30. The van der Waals surface area contributed by atoms with E-state index in [2.05, 4.69) is 20.2 Å². The largest absolute Gasteiger partial charge is 0.478 e.